The number of hydrogen-bond acceptors (Lipinski definition) is 5. The molecule has 0 aliphatic carbocycles. The second-order valence-electron chi connectivity index (χ2n) is 7.31. The zero-order chi connectivity index (χ0) is 21.3. The lowest BCUT2D eigenvalue weighted by Gasteiger charge is -2.40. The maximum absolute atomic E-state index is 12.8. The molecule has 30 heavy (non-hydrogen) atoms. The number of anilines is 1. The highest BCUT2D eigenvalue weighted by Gasteiger charge is 2.31. The molecular formula is C20H20ClF3N6. The molecule has 0 bridgehead atoms. The molecule has 1 atom stereocenters. The standard InChI is InChI=1S/C20H20ClF3N6/c1-13-11-29(6-7-30(13)18-5-3-16(10-26-18)20(22,23)24)12-15-9-27-28-19(15)14-2-4-17(21)25-8-14/h2-5,8-10,13H,6-7,11-12H2,1H3,(H,27,28)/t13-/m1/s1. The van der Waals surface area contributed by atoms with Crippen molar-refractivity contribution in [2.75, 3.05) is 24.5 Å². The summed E-state index contributed by atoms with van der Waals surface area (Å²) in [7, 11) is 0. The van der Waals surface area contributed by atoms with Crippen LogP contribution in [0.2, 0.25) is 5.15 Å². The van der Waals surface area contributed by atoms with Crippen LogP contribution < -0.4 is 4.90 Å². The van der Waals surface area contributed by atoms with Crippen LogP contribution in [0.5, 0.6) is 0 Å². The van der Waals surface area contributed by atoms with Gasteiger partial charge in [-0.15, -0.1) is 0 Å². The lowest BCUT2D eigenvalue weighted by molar-refractivity contribution is -0.137. The van der Waals surface area contributed by atoms with Crippen molar-refractivity contribution in [2.24, 2.45) is 0 Å². The third-order valence-electron chi connectivity index (χ3n) is 5.20. The second-order valence-corrected chi connectivity index (χ2v) is 7.70. The topological polar surface area (TPSA) is 60.9 Å². The molecule has 0 unspecified atom stereocenters. The van der Waals surface area contributed by atoms with Gasteiger partial charge >= 0.3 is 6.18 Å². The van der Waals surface area contributed by atoms with Gasteiger partial charge in [-0.2, -0.15) is 18.3 Å². The second kappa shape index (κ2) is 8.23. The van der Waals surface area contributed by atoms with E-state index in [4.69, 9.17) is 11.6 Å². The summed E-state index contributed by atoms with van der Waals surface area (Å²) < 4.78 is 38.3. The Morgan fingerprint density at radius 2 is 1.97 bits per heavy atom. The Balaban J connectivity index is 1.42. The summed E-state index contributed by atoms with van der Waals surface area (Å²) in [4.78, 5) is 12.5. The van der Waals surface area contributed by atoms with E-state index in [0.717, 1.165) is 42.2 Å². The van der Waals surface area contributed by atoms with E-state index in [0.29, 0.717) is 24.1 Å². The number of aromatic amines is 1. The first-order valence-electron chi connectivity index (χ1n) is 9.48. The van der Waals surface area contributed by atoms with Crippen LogP contribution in [0.1, 0.15) is 18.1 Å². The van der Waals surface area contributed by atoms with Gasteiger partial charge in [-0.3, -0.25) is 10.00 Å². The van der Waals surface area contributed by atoms with Crippen LogP contribution in [0.4, 0.5) is 19.0 Å². The van der Waals surface area contributed by atoms with E-state index in [9.17, 15) is 13.2 Å². The number of aromatic nitrogens is 4. The molecule has 0 radical (unpaired) electrons. The van der Waals surface area contributed by atoms with Crippen molar-refractivity contribution in [1.82, 2.24) is 25.1 Å². The number of nitrogens with zero attached hydrogens (tertiary/aromatic N) is 5. The van der Waals surface area contributed by atoms with Gasteiger partial charge in [0.2, 0.25) is 0 Å². The zero-order valence-electron chi connectivity index (χ0n) is 16.2. The van der Waals surface area contributed by atoms with Crippen molar-refractivity contribution in [1.29, 1.82) is 0 Å². The first-order chi connectivity index (χ1) is 14.3. The smallest absolute Gasteiger partial charge is 0.351 e. The number of alkyl halides is 3. The van der Waals surface area contributed by atoms with Gasteiger partial charge in [0.25, 0.3) is 0 Å². The quantitative estimate of drug-likeness (QED) is 0.619. The van der Waals surface area contributed by atoms with Crippen LogP contribution in [0.15, 0.2) is 42.9 Å². The Labute approximate surface area is 176 Å². The van der Waals surface area contributed by atoms with Crippen LogP contribution in [0, 0.1) is 0 Å². The number of pyridine rings is 2. The predicted octanol–water partition coefficient (Wildman–Crippen LogP) is 4.25. The summed E-state index contributed by atoms with van der Waals surface area (Å²) in [6.45, 7) is 4.94. The molecule has 4 rings (SSSR count). The Kier molecular flexibility index (Phi) is 5.66. The van der Waals surface area contributed by atoms with E-state index in [1.54, 1.807) is 12.3 Å². The van der Waals surface area contributed by atoms with Crippen LogP contribution in [-0.4, -0.2) is 50.7 Å². The summed E-state index contributed by atoms with van der Waals surface area (Å²) in [6.07, 6.45) is 0.0847. The van der Waals surface area contributed by atoms with Crippen molar-refractivity contribution in [2.45, 2.75) is 25.7 Å². The molecule has 6 nitrogen and oxygen atoms in total. The number of H-pyrrole nitrogens is 1. The van der Waals surface area contributed by atoms with E-state index < -0.39 is 11.7 Å². The Bertz CT molecular complexity index is 987. The minimum Gasteiger partial charge on any atom is -0.351 e. The third kappa shape index (κ3) is 4.41. The molecule has 10 heteroatoms. The van der Waals surface area contributed by atoms with Gasteiger partial charge < -0.3 is 4.90 Å². The third-order valence-corrected chi connectivity index (χ3v) is 5.42. The fourth-order valence-corrected chi connectivity index (χ4v) is 3.79. The normalized spacial score (nSPS) is 18.0. The number of piperazine rings is 1. The Morgan fingerprint density at radius 3 is 2.60 bits per heavy atom. The van der Waals surface area contributed by atoms with Crippen molar-refractivity contribution in [3.63, 3.8) is 0 Å². The van der Waals surface area contributed by atoms with E-state index in [2.05, 4.69) is 25.1 Å². The summed E-state index contributed by atoms with van der Waals surface area (Å²) >= 11 is 5.87. The SMILES string of the molecule is C[C@@H]1CN(Cc2c[nH]nc2-c2ccc(Cl)nc2)CCN1c1ccc(C(F)(F)F)cn1. The molecule has 0 aromatic carbocycles. The first-order valence-corrected chi connectivity index (χ1v) is 9.86. The molecule has 1 aliphatic rings. The lowest BCUT2D eigenvalue weighted by Crippen LogP contribution is -2.51. The zero-order valence-corrected chi connectivity index (χ0v) is 17.0. The summed E-state index contributed by atoms with van der Waals surface area (Å²) in [5.41, 5.74) is 2.03. The minimum absolute atomic E-state index is 0.107. The average Bonchev–Trinajstić information content (AvgIpc) is 3.16. The van der Waals surface area contributed by atoms with Gasteiger partial charge in [-0.1, -0.05) is 11.6 Å². The molecule has 1 N–H and O–H groups in total. The number of nitrogens with one attached hydrogen (secondary N) is 1. The van der Waals surface area contributed by atoms with Gasteiger partial charge in [0, 0.05) is 61.9 Å². The Hall–Kier alpha value is -2.65. The fourth-order valence-electron chi connectivity index (χ4n) is 3.68. The highest BCUT2D eigenvalue weighted by molar-refractivity contribution is 6.29. The highest BCUT2D eigenvalue weighted by Crippen LogP contribution is 2.30. The van der Waals surface area contributed by atoms with Gasteiger partial charge in [-0.05, 0) is 31.2 Å². The van der Waals surface area contributed by atoms with Gasteiger partial charge in [0.15, 0.2) is 0 Å². The van der Waals surface area contributed by atoms with E-state index in [-0.39, 0.29) is 6.04 Å². The average molecular weight is 437 g/mol. The number of hydrogen-bond donors (Lipinski definition) is 1. The molecule has 158 valence electrons. The van der Waals surface area contributed by atoms with Gasteiger partial charge in [-0.25, -0.2) is 9.97 Å². The van der Waals surface area contributed by atoms with Gasteiger partial charge in [0.1, 0.15) is 11.0 Å². The highest BCUT2D eigenvalue weighted by atomic mass is 35.5. The van der Waals surface area contributed by atoms with Crippen molar-refractivity contribution < 1.29 is 13.2 Å². The van der Waals surface area contributed by atoms with Crippen LogP contribution in [0.25, 0.3) is 11.3 Å². The molecular weight excluding hydrogens is 417 g/mol. The largest absolute Gasteiger partial charge is 0.417 e. The summed E-state index contributed by atoms with van der Waals surface area (Å²) in [6, 6.07) is 6.24. The summed E-state index contributed by atoms with van der Waals surface area (Å²) in [5, 5.41) is 7.69. The number of rotatable bonds is 4. The maximum Gasteiger partial charge on any atom is 0.417 e. The van der Waals surface area contributed by atoms with Crippen LogP contribution >= 0.6 is 11.6 Å². The first kappa shape index (κ1) is 20.6. The van der Waals surface area contributed by atoms with E-state index in [1.165, 1.54) is 6.07 Å². The predicted molar refractivity (Wildman–Crippen MR) is 108 cm³/mol. The lowest BCUT2D eigenvalue weighted by atomic mass is 10.1. The molecule has 3 aromatic heterocycles. The van der Waals surface area contributed by atoms with Crippen molar-refractivity contribution >= 4 is 17.4 Å². The van der Waals surface area contributed by atoms with E-state index in [1.807, 2.05) is 24.1 Å². The molecule has 1 saturated heterocycles. The fraction of sp³-hybridized carbons (Fsp3) is 0.350. The Morgan fingerprint density at radius 1 is 1.13 bits per heavy atom. The van der Waals surface area contributed by atoms with Crippen LogP contribution in [0.3, 0.4) is 0 Å². The molecule has 0 amide bonds. The molecule has 3 aromatic rings. The number of halogens is 4. The molecule has 1 fully saturated rings. The maximum atomic E-state index is 12.8. The van der Waals surface area contributed by atoms with Crippen LogP contribution in [-0.2, 0) is 12.7 Å². The van der Waals surface area contributed by atoms with Gasteiger partial charge in [0.05, 0.1) is 11.3 Å². The summed E-state index contributed by atoms with van der Waals surface area (Å²) in [5.74, 6) is 0.561. The monoisotopic (exact) mass is 436 g/mol. The molecule has 0 spiro atoms. The minimum atomic E-state index is -4.38. The van der Waals surface area contributed by atoms with Crippen molar-refractivity contribution in [3.05, 3.63) is 59.1 Å². The van der Waals surface area contributed by atoms with Crippen molar-refractivity contribution in [3.8, 4) is 11.3 Å². The molecule has 0 saturated carbocycles. The van der Waals surface area contributed by atoms with E-state index >= 15 is 0 Å². The molecule has 4 heterocycles. The molecule has 1 aliphatic heterocycles.